The van der Waals surface area contributed by atoms with Crippen LogP contribution in [0.5, 0.6) is 0 Å². The highest BCUT2D eigenvalue weighted by Crippen LogP contribution is 2.35. The van der Waals surface area contributed by atoms with Crippen LogP contribution >= 0.6 is 27.3 Å². The zero-order valence-electron chi connectivity index (χ0n) is 8.04. The molecular formula is C9H7BrN2O2S. The second kappa shape index (κ2) is 3.53. The second-order valence-corrected chi connectivity index (χ2v) is 4.88. The van der Waals surface area contributed by atoms with Gasteiger partial charge in [0, 0.05) is 5.39 Å². The minimum atomic E-state index is -0.943. The van der Waals surface area contributed by atoms with Crippen LogP contribution in [0.3, 0.4) is 0 Å². The van der Waals surface area contributed by atoms with E-state index < -0.39 is 5.97 Å². The van der Waals surface area contributed by atoms with Gasteiger partial charge in [0.05, 0.1) is 10.2 Å². The van der Waals surface area contributed by atoms with Crippen molar-refractivity contribution in [3.63, 3.8) is 0 Å². The Morgan fingerprint density at radius 3 is 2.67 bits per heavy atom. The van der Waals surface area contributed by atoms with Gasteiger partial charge in [-0.15, -0.1) is 11.3 Å². The Kier molecular flexibility index (Phi) is 2.47. The van der Waals surface area contributed by atoms with E-state index >= 15 is 0 Å². The Morgan fingerprint density at radius 2 is 2.07 bits per heavy atom. The lowest BCUT2D eigenvalue weighted by Gasteiger charge is -1.97. The van der Waals surface area contributed by atoms with Crippen LogP contribution in [-0.2, 0) is 0 Å². The number of halogens is 1. The van der Waals surface area contributed by atoms with Crippen molar-refractivity contribution in [1.29, 1.82) is 0 Å². The van der Waals surface area contributed by atoms with Gasteiger partial charge in [-0.05, 0) is 29.8 Å². The Bertz CT molecular complexity index is 565. The number of aromatic carboxylic acids is 1. The Labute approximate surface area is 98.1 Å². The second-order valence-electron chi connectivity index (χ2n) is 3.09. The molecule has 0 unspecified atom stereocenters. The zero-order chi connectivity index (χ0) is 11.2. The number of hydrogen-bond acceptors (Lipinski definition) is 4. The molecule has 2 rings (SSSR count). The van der Waals surface area contributed by atoms with Gasteiger partial charge in [-0.25, -0.2) is 14.8 Å². The van der Waals surface area contributed by atoms with Gasteiger partial charge in [-0.3, -0.25) is 0 Å². The quantitative estimate of drug-likeness (QED) is 0.876. The molecule has 0 aliphatic heterocycles. The lowest BCUT2D eigenvalue weighted by Crippen LogP contribution is -1.92. The Hall–Kier alpha value is -1.01. The van der Waals surface area contributed by atoms with Gasteiger partial charge in [0.2, 0.25) is 0 Å². The fourth-order valence-electron chi connectivity index (χ4n) is 1.40. The molecule has 0 radical (unpaired) electrons. The van der Waals surface area contributed by atoms with Crippen molar-refractivity contribution in [2.75, 3.05) is 0 Å². The predicted octanol–water partition coefficient (Wildman–Crippen LogP) is 2.77. The van der Waals surface area contributed by atoms with Crippen LogP contribution in [0, 0.1) is 13.8 Å². The third-order valence-electron chi connectivity index (χ3n) is 1.98. The van der Waals surface area contributed by atoms with Crippen molar-refractivity contribution in [1.82, 2.24) is 9.97 Å². The molecule has 15 heavy (non-hydrogen) atoms. The fourth-order valence-corrected chi connectivity index (χ4v) is 3.42. The summed E-state index contributed by atoms with van der Waals surface area (Å²) in [5, 5.41) is 9.75. The molecule has 2 aromatic rings. The highest BCUT2D eigenvalue weighted by molar-refractivity contribution is 9.10. The molecule has 0 spiro atoms. The van der Waals surface area contributed by atoms with Gasteiger partial charge < -0.3 is 5.11 Å². The monoisotopic (exact) mass is 286 g/mol. The standard InChI is InChI=1S/C9H7BrN2O2S/c1-3-5-6(10)7(9(13)14)15-8(5)12-4(2)11-3/h1-2H3,(H,13,14). The Morgan fingerprint density at radius 1 is 1.40 bits per heavy atom. The van der Waals surface area contributed by atoms with Gasteiger partial charge >= 0.3 is 5.97 Å². The number of fused-ring (bicyclic) bond motifs is 1. The molecular weight excluding hydrogens is 280 g/mol. The third kappa shape index (κ3) is 1.63. The first-order valence-corrected chi connectivity index (χ1v) is 5.78. The van der Waals surface area contributed by atoms with Crippen molar-refractivity contribution in [3.05, 3.63) is 20.9 Å². The molecule has 0 amide bonds. The molecule has 2 aromatic heterocycles. The number of carboxylic acids is 1. The normalized spacial score (nSPS) is 10.9. The fraction of sp³-hybridized carbons (Fsp3) is 0.222. The number of nitrogens with zero attached hydrogens (tertiary/aromatic N) is 2. The average Bonchev–Trinajstić information content (AvgIpc) is 2.42. The van der Waals surface area contributed by atoms with Crippen LogP contribution in [-0.4, -0.2) is 21.0 Å². The minimum absolute atomic E-state index is 0.271. The zero-order valence-corrected chi connectivity index (χ0v) is 10.4. The van der Waals surface area contributed by atoms with E-state index in [0.29, 0.717) is 15.1 Å². The van der Waals surface area contributed by atoms with E-state index in [9.17, 15) is 4.79 Å². The van der Waals surface area contributed by atoms with Gasteiger partial charge in [0.25, 0.3) is 0 Å². The number of carbonyl (C=O) groups is 1. The molecule has 0 aliphatic carbocycles. The van der Waals surface area contributed by atoms with E-state index in [-0.39, 0.29) is 4.88 Å². The molecule has 4 nitrogen and oxygen atoms in total. The summed E-state index contributed by atoms with van der Waals surface area (Å²) < 4.78 is 0.576. The van der Waals surface area contributed by atoms with E-state index in [0.717, 1.165) is 22.4 Å². The van der Waals surface area contributed by atoms with Crippen LogP contribution in [0.25, 0.3) is 10.2 Å². The van der Waals surface area contributed by atoms with Crippen LogP contribution in [0.4, 0.5) is 0 Å². The lowest BCUT2D eigenvalue weighted by molar-refractivity contribution is 0.0701. The van der Waals surface area contributed by atoms with Crippen molar-refractivity contribution < 1.29 is 9.90 Å². The van der Waals surface area contributed by atoms with Crippen LogP contribution in [0.1, 0.15) is 21.2 Å². The highest BCUT2D eigenvalue weighted by atomic mass is 79.9. The first-order chi connectivity index (χ1) is 7.00. The Balaban J connectivity index is 2.88. The molecule has 0 atom stereocenters. The number of thiophene rings is 1. The van der Waals surface area contributed by atoms with Crippen LogP contribution in [0.2, 0.25) is 0 Å². The first-order valence-electron chi connectivity index (χ1n) is 4.17. The molecule has 0 aromatic carbocycles. The van der Waals surface area contributed by atoms with E-state index in [2.05, 4.69) is 25.9 Å². The minimum Gasteiger partial charge on any atom is -0.477 e. The molecule has 0 bridgehead atoms. The number of carboxylic acid groups (broad SMARTS) is 1. The summed E-state index contributed by atoms with van der Waals surface area (Å²) in [5.41, 5.74) is 0.799. The lowest BCUT2D eigenvalue weighted by atomic mass is 10.3. The molecule has 0 fully saturated rings. The third-order valence-corrected chi connectivity index (χ3v) is 4.11. The van der Waals surface area contributed by atoms with Gasteiger partial charge in [-0.1, -0.05) is 0 Å². The van der Waals surface area contributed by atoms with Crippen molar-refractivity contribution >= 4 is 43.5 Å². The molecule has 2 heterocycles. The molecule has 0 aliphatic rings. The highest BCUT2D eigenvalue weighted by Gasteiger charge is 2.18. The first kappa shape index (κ1) is 10.5. The van der Waals surface area contributed by atoms with Crippen LogP contribution < -0.4 is 0 Å². The number of rotatable bonds is 1. The van der Waals surface area contributed by atoms with E-state index in [1.807, 2.05) is 6.92 Å². The summed E-state index contributed by atoms with van der Waals surface area (Å²) in [7, 11) is 0. The molecule has 1 N–H and O–H groups in total. The van der Waals surface area contributed by atoms with Crippen LogP contribution in [0.15, 0.2) is 4.47 Å². The maximum Gasteiger partial charge on any atom is 0.347 e. The summed E-state index contributed by atoms with van der Waals surface area (Å²) >= 11 is 4.44. The number of hydrogen-bond donors (Lipinski definition) is 1. The predicted molar refractivity (Wildman–Crippen MR) is 61.5 cm³/mol. The molecule has 6 heteroatoms. The average molecular weight is 287 g/mol. The largest absolute Gasteiger partial charge is 0.477 e. The van der Waals surface area contributed by atoms with Crippen molar-refractivity contribution in [2.45, 2.75) is 13.8 Å². The van der Waals surface area contributed by atoms with E-state index in [1.165, 1.54) is 0 Å². The topological polar surface area (TPSA) is 63.1 Å². The molecule has 78 valence electrons. The number of aromatic nitrogens is 2. The van der Waals surface area contributed by atoms with Crippen molar-refractivity contribution in [2.24, 2.45) is 0 Å². The smallest absolute Gasteiger partial charge is 0.347 e. The molecule has 0 saturated carbocycles. The van der Waals surface area contributed by atoms with Gasteiger partial charge in [0.15, 0.2) is 0 Å². The van der Waals surface area contributed by atoms with Crippen molar-refractivity contribution in [3.8, 4) is 0 Å². The van der Waals surface area contributed by atoms with E-state index in [1.54, 1.807) is 6.92 Å². The maximum atomic E-state index is 10.9. The summed E-state index contributed by atoms with van der Waals surface area (Å²) in [6.07, 6.45) is 0. The maximum absolute atomic E-state index is 10.9. The molecule has 0 saturated heterocycles. The summed E-state index contributed by atoms with van der Waals surface area (Å²) in [6.45, 7) is 3.64. The summed E-state index contributed by atoms with van der Waals surface area (Å²) in [6, 6.07) is 0. The SMILES string of the molecule is Cc1nc(C)c2c(Br)c(C(=O)O)sc2n1. The number of aryl methyl sites for hydroxylation is 2. The summed E-state index contributed by atoms with van der Waals surface area (Å²) in [4.78, 5) is 20.3. The summed E-state index contributed by atoms with van der Waals surface area (Å²) in [5.74, 6) is -0.285. The van der Waals surface area contributed by atoms with E-state index in [4.69, 9.17) is 5.11 Å². The van der Waals surface area contributed by atoms with Gasteiger partial charge in [0.1, 0.15) is 15.5 Å². The van der Waals surface area contributed by atoms with Gasteiger partial charge in [-0.2, -0.15) is 0 Å².